The maximum atomic E-state index is 13.2. The fourth-order valence-corrected chi connectivity index (χ4v) is 3.05. The molecule has 0 spiro atoms. The molecule has 3 heterocycles. The second-order valence-electron chi connectivity index (χ2n) is 6.61. The fourth-order valence-electron chi connectivity index (χ4n) is 3.05. The van der Waals surface area contributed by atoms with Crippen LogP contribution in [0.25, 0.3) is 5.69 Å². The van der Waals surface area contributed by atoms with E-state index in [1.807, 2.05) is 0 Å². The Bertz CT molecular complexity index is 1070. The maximum absolute atomic E-state index is 13.2. The van der Waals surface area contributed by atoms with Crippen molar-refractivity contribution in [1.29, 1.82) is 0 Å². The third-order valence-corrected chi connectivity index (χ3v) is 4.60. The first-order valence-corrected chi connectivity index (χ1v) is 8.89. The minimum atomic E-state index is -4.44. The first-order chi connectivity index (χ1) is 14.3. The fraction of sp³-hybridized carbons (Fsp3) is 0.333. The molecule has 1 unspecified atom stereocenters. The molecule has 0 saturated heterocycles. The molecule has 1 aromatic carbocycles. The van der Waals surface area contributed by atoms with Crippen LogP contribution < -0.4 is 19.7 Å². The van der Waals surface area contributed by atoms with Crippen molar-refractivity contribution in [3.05, 3.63) is 36.5 Å². The predicted octanol–water partition coefficient (Wildman–Crippen LogP) is 2.88. The minimum absolute atomic E-state index is 0.0581. The highest BCUT2D eigenvalue weighted by molar-refractivity contribution is 5.64. The first-order valence-electron chi connectivity index (χ1n) is 8.89. The van der Waals surface area contributed by atoms with Crippen LogP contribution in [0.4, 0.5) is 30.6 Å². The van der Waals surface area contributed by atoms with E-state index in [1.165, 1.54) is 20.4 Å². The normalized spacial score (nSPS) is 16.1. The number of nitrogens with zero attached hydrogens (tertiary/aromatic N) is 6. The van der Waals surface area contributed by atoms with E-state index >= 15 is 0 Å². The van der Waals surface area contributed by atoms with E-state index in [-0.39, 0.29) is 17.5 Å². The first kappa shape index (κ1) is 19.7. The number of aromatic nitrogens is 5. The molecule has 12 heteroatoms. The number of hydrogen-bond donors (Lipinski definition) is 1. The number of anilines is 3. The summed E-state index contributed by atoms with van der Waals surface area (Å²) >= 11 is 0. The average molecular weight is 421 g/mol. The third-order valence-electron chi connectivity index (χ3n) is 4.60. The van der Waals surface area contributed by atoms with Gasteiger partial charge in [0, 0.05) is 18.8 Å². The van der Waals surface area contributed by atoms with Crippen LogP contribution in [-0.2, 0) is 0 Å². The van der Waals surface area contributed by atoms with Crippen LogP contribution in [0.3, 0.4) is 0 Å². The van der Waals surface area contributed by atoms with Crippen LogP contribution in [0.2, 0.25) is 0 Å². The molecule has 1 aliphatic rings. The van der Waals surface area contributed by atoms with E-state index in [4.69, 9.17) is 9.47 Å². The molecule has 0 saturated carbocycles. The number of hydrogen-bond acceptors (Lipinski definition) is 8. The number of alkyl halides is 3. The molecule has 0 bridgehead atoms. The Morgan fingerprint density at radius 2 is 2.07 bits per heavy atom. The minimum Gasteiger partial charge on any atom is -0.494 e. The molecular formula is C18H18F3N7O2. The van der Waals surface area contributed by atoms with Crippen molar-refractivity contribution in [1.82, 2.24) is 24.7 Å². The number of benzene rings is 1. The summed E-state index contributed by atoms with van der Waals surface area (Å²) in [5.74, 6) is 1.50. The summed E-state index contributed by atoms with van der Waals surface area (Å²) in [6, 6.07) is 3.44. The molecule has 30 heavy (non-hydrogen) atoms. The molecule has 0 radical (unpaired) electrons. The third kappa shape index (κ3) is 3.67. The van der Waals surface area contributed by atoms with Gasteiger partial charge >= 0.3 is 6.18 Å². The topological polar surface area (TPSA) is 90.2 Å². The molecule has 158 valence electrons. The van der Waals surface area contributed by atoms with Gasteiger partial charge < -0.3 is 19.7 Å². The summed E-state index contributed by atoms with van der Waals surface area (Å²) in [5, 5.41) is 7.23. The van der Waals surface area contributed by atoms with E-state index < -0.39 is 18.8 Å². The standard InChI is InChI=1S/C18H18F3N7O2/c1-10-23-9-28(26-10)12-5-4-11(6-13(12)29-3)24-17-22-7-14-16(25-17)27(2)15(8-30-14)18(19,20)21/h4-7,9,15H,8H2,1-3H3,(H,22,24,25). The zero-order valence-electron chi connectivity index (χ0n) is 16.3. The molecule has 4 rings (SSSR count). The Labute approximate surface area is 169 Å². The molecule has 0 amide bonds. The van der Waals surface area contributed by atoms with Crippen molar-refractivity contribution in [2.24, 2.45) is 0 Å². The van der Waals surface area contributed by atoms with Crippen molar-refractivity contribution in [3.63, 3.8) is 0 Å². The number of likely N-dealkylation sites (N-methyl/N-ethyl adjacent to an activating group) is 1. The van der Waals surface area contributed by atoms with E-state index in [2.05, 4.69) is 25.4 Å². The van der Waals surface area contributed by atoms with E-state index in [1.54, 1.807) is 36.1 Å². The largest absolute Gasteiger partial charge is 0.494 e. The molecule has 1 aliphatic heterocycles. The van der Waals surface area contributed by atoms with Crippen molar-refractivity contribution in [2.75, 3.05) is 31.0 Å². The van der Waals surface area contributed by atoms with Crippen molar-refractivity contribution in [3.8, 4) is 17.2 Å². The van der Waals surface area contributed by atoms with Gasteiger partial charge in [0.2, 0.25) is 5.95 Å². The van der Waals surface area contributed by atoms with Crippen LogP contribution in [-0.4, -0.2) is 57.7 Å². The molecule has 1 N–H and O–H groups in total. The number of fused-ring (bicyclic) bond motifs is 1. The Morgan fingerprint density at radius 1 is 1.27 bits per heavy atom. The van der Waals surface area contributed by atoms with Gasteiger partial charge in [0.05, 0.1) is 13.3 Å². The van der Waals surface area contributed by atoms with Crippen LogP contribution >= 0.6 is 0 Å². The monoisotopic (exact) mass is 421 g/mol. The summed E-state index contributed by atoms with van der Waals surface area (Å²) in [6.45, 7) is 1.26. The Morgan fingerprint density at radius 3 is 2.73 bits per heavy atom. The highest BCUT2D eigenvalue weighted by atomic mass is 19.4. The van der Waals surface area contributed by atoms with E-state index in [0.717, 1.165) is 4.90 Å². The van der Waals surface area contributed by atoms with E-state index in [0.29, 0.717) is 22.9 Å². The van der Waals surface area contributed by atoms with Crippen LogP contribution in [0, 0.1) is 6.92 Å². The Balaban J connectivity index is 1.60. The Kier molecular flexibility index (Phi) is 4.84. The number of ether oxygens (including phenoxy) is 2. The van der Waals surface area contributed by atoms with Gasteiger partial charge in [-0.05, 0) is 19.1 Å². The quantitative estimate of drug-likeness (QED) is 0.688. The second-order valence-corrected chi connectivity index (χ2v) is 6.61. The number of rotatable bonds is 4. The van der Waals surface area contributed by atoms with Crippen LogP contribution in [0.15, 0.2) is 30.7 Å². The molecule has 9 nitrogen and oxygen atoms in total. The summed E-state index contributed by atoms with van der Waals surface area (Å²) in [6.07, 6.45) is -1.52. The second kappa shape index (κ2) is 7.35. The number of halogens is 3. The van der Waals surface area contributed by atoms with Crippen molar-refractivity contribution >= 4 is 17.5 Å². The average Bonchev–Trinajstić information content (AvgIpc) is 3.13. The van der Waals surface area contributed by atoms with Gasteiger partial charge in [-0.25, -0.2) is 14.6 Å². The summed E-state index contributed by atoms with van der Waals surface area (Å²) in [7, 11) is 2.85. The summed E-state index contributed by atoms with van der Waals surface area (Å²) in [4.78, 5) is 13.5. The summed E-state index contributed by atoms with van der Waals surface area (Å²) < 4.78 is 51.8. The molecule has 1 atom stereocenters. The van der Waals surface area contributed by atoms with Crippen molar-refractivity contribution in [2.45, 2.75) is 19.1 Å². The number of aryl methyl sites for hydroxylation is 1. The highest BCUT2D eigenvalue weighted by Crippen LogP contribution is 2.37. The SMILES string of the molecule is COc1cc(Nc2ncc3c(n2)N(C)C(C(F)(F)F)CO3)ccc1-n1cnc(C)n1. The van der Waals surface area contributed by atoms with Gasteiger partial charge in [-0.2, -0.15) is 23.3 Å². The van der Waals surface area contributed by atoms with Gasteiger partial charge in [0.15, 0.2) is 17.6 Å². The molecule has 2 aromatic heterocycles. The van der Waals surface area contributed by atoms with Gasteiger partial charge in [-0.1, -0.05) is 0 Å². The number of nitrogens with one attached hydrogen (secondary N) is 1. The smallest absolute Gasteiger partial charge is 0.412 e. The predicted molar refractivity (Wildman–Crippen MR) is 102 cm³/mol. The van der Waals surface area contributed by atoms with Crippen LogP contribution in [0.1, 0.15) is 5.82 Å². The maximum Gasteiger partial charge on any atom is 0.412 e. The Hall–Kier alpha value is -3.57. The zero-order valence-corrected chi connectivity index (χ0v) is 16.3. The van der Waals surface area contributed by atoms with Gasteiger partial charge in [0.1, 0.15) is 30.2 Å². The zero-order chi connectivity index (χ0) is 21.5. The summed E-state index contributed by atoms with van der Waals surface area (Å²) in [5.41, 5.74) is 1.26. The lowest BCUT2D eigenvalue weighted by Gasteiger charge is -2.35. The lowest BCUT2D eigenvalue weighted by atomic mass is 10.2. The van der Waals surface area contributed by atoms with Gasteiger partial charge in [0.25, 0.3) is 0 Å². The lowest BCUT2D eigenvalue weighted by molar-refractivity contribution is -0.155. The van der Waals surface area contributed by atoms with Crippen molar-refractivity contribution < 1.29 is 22.6 Å². The highest BCUT2D eigenvalue weighted by Gasteiger charge is 2.46. The lowest BCUT2D eigenvalue weighted by Crippen LogP contribution is -2.50. The molecular weight excluding hydrogens is 403 g/mol. The molecule has 0 fully saturated rings. The number of methoxy groups -OCH3 is 1. The van der Waals surface area contributed by atoms with Crippen LogP contribution in [0.5, 0.6) is 11.5 Å². The van der Waals surface area contributed by atoms with Gasteiger partial charge in [-0.15, -0.1) is 0 Å². The molecule has 0 aliphatic carbocycles. The van der Waals surface area contributed by atoms with Gasteiger partial charge in [-0.3, -0.25) is 0 Å². The molecule has 3 aromatic rings. The van der Waals surface area contributed by atoms with E-state index in [9.17, 15) is 13.2 Å².